The van der Waals surface area contributed by atoms with E-state index in [4.69, 9.17) is 9.15 Å². The van der Waals surface area contributed by atoms with E-state index in [1.807, 2.05) is 19.9 Å². The van der Waals surface area contributed by atoms with Crippen LogP contribution in [0, 0.1) is 26.6 Å². The van der Waals surface area contributed by atoms with Crippen molar-refractivity contribution in [2.45, 2.75) is 33.8 Å². The summed E-state index contributed by atoms with van der Waals surface area (Å²) < 4.78 is 24.7. The molecule has 6 nitrogen and oxygen atoms in total. The third kappa shape index (κ3) is 4.20. The van der Waals surface area contributed by atoms with Gasteiger partial charge in [0.05, 0.1) is 5.39 Å². The zero-order valence-corrected chi connectivity index (χ0v) is 18.8. The number of anilines is 1. The Morgan fingerprint density at radius 1 is 1.03 bits per heavy atom. The van der Waals surface area contributed by atoms with Crippen LogP contribution in [0.5, 0.6) is 5.75 Å². The number of fused-ring (bicyclic) bond motifs is 1. The van der Waals surface area contributed by atoms with Crippen LogP contribution in [0.3, 0.4) is 0 Å². The maximum atomic E-state index is 13.2. The van der Waals surface area contributed by atoms with Gasteiger partial charge in [-0.2, -0.15) is 0 Å². The summed E-state index contributed by atoms with van der Waals surface area (Å²) >= 11 is 0. The average molecular weight is 438 g/mol. The van der Waals surface area contributed by atoms with E-state index in [0.717, 1.165) is 16.8 Å². The lowest BCUT2D eigenvalue weighted by Crippen LogP contribution is -2.52. The van der Waals surface area contributed by atoms with E-state index in [1.54, 1.807) is 36.9 Å². The van der Waals surface area contributed by atoms with Crippen molar-refractivity contribution in [3.8, 4) is 5.75 Å². The Balaban J connectivity index is 1.49. The van der Waals surface area contributed by atoms with Crippen molar-refractivity contribution in [2.75, 3.05) is 31.1 Å². The molecule has 32 heavy (non-hydrogen) atoms. The van der Waals surface area contributed by atoms with Crippen molar-refractivity contribution in [2.24, 2.45) is 0 Å². The van der Waals surface area contributed by atoms with Gasteiger partial charge >= 0.3 is 5.63 Å². The molecule has 1 aliphatic heterocycles. The molecular weight excluding hydrogens is 411 g/mol. The monoisotopic (exact) mass is 438 g/mol. The van der Waals surface area contributed by atoms with E-state index >= 15 is 0 Å². The molecule has 1 saturated heterocycles. The first kappa shape index (κ1) is 21.9. The minimum absolute atomic E-state index is 0.0924. The molecule has 1 aliphatic rings. The fraction of sp³-hybridized carbons (Fsp3) is 0.360. The number of nitrogens with zero attached hydrogens (tertiary/aromatic N) is 2. The van der Waals surface area contributed by atoms with Gasteiger partial charge in [-0.05, 0) is 75.2 Å². The smallest absolute Gasteiger partial charge is 0.339 e. The Hall–Kier alpha value is -3.35. The number of piperazine rings is 1. The Morgan fingerprint density at radius 2 is 1.69 bits per heavy atom. The second-order valence-corrected chi connectivity index (χ2v) is 8.32. The van der Waals surface area contributed by atoms with Gasteiger partial charge in [0.15, 0.2) is 6.10 Å². The molecule has 2 aromatic carbocycles. The number of benzene rings is 2. The van der Waals surface area contributed by atoms with Gasteiger partial charge < -0.3 is 19.0 Å². The fourth-order valence-corrected chi connectivity index (χ4v) is 4.12. The standard InChI is InChI=1S/C25H27FN2O4/c1-15-13-21(23-16(2)17(3)25(30)32-22(23)14-15)31-18(4)24(29)28-11-9-27(10-12-28)20-7-5-19(26)6-8-20/h5-8,13-14,18H,9-12H2,1-4H3/t18-/m0/s1. The van der Waals surface area contributed by atoms with E-state index in [0.29, 0.717) is 48.5 Å². The molecule has 0 bridgehead atoms. The van der Waals surface area contributed by atoms with Gasteiger partial charge in [-0.3, -0.25) is 4.79 Å². The van der Waals surface area contributed by atoms with Crippen molar-refractivity contribution in [3.63, 3.8) is 0 Å². The van der Waals surface area contributed by atoms with Gasteiger partial charge in [0, 0.05) is 37.4 Å². The number of amides is 1. The Morgan fingerprint density at radius 3 is 2.34 bits per heavy atom. The first-order chi connectivity index (χ1) is 15.2. The number of carbonyl (C=O) groups excluding carboxylic acids is 1. The number of hydrogen-bond acceptors (Lipinski definition) is 5. The highest BCUT2D eigenvalue weighted by Crippen LogP contribution is 2.31. The number of halogens is 1. The molecule has 0 unspecified atom stereocenters. The van der Waals surface area contributed by atoms with E-state index in [9.17, 15) is 14.0 Å². The fourth-order valence-electron chi connectivity index (χ4n) is 4.12. The van der Waals surface area contributed by atoms with Gasteiger partial charge in [0.2, 0.25) is 0 Å². The lowest BCUT2D eigenvalue weighted by molar-refractivity contribution is -0.138. The Bertz CT molecular complexity index is 1210. The summed E-state index contributed by atoms with van der Waals surface area (Å²) in [6.45, 7) is 9.67. The van der Waals surface area contributed by atoms with Crippen LogP contribution in [0.15, 0.2) is 45.6 Å². The van der Waals surface area contributed by atoms with Gasteiger partial charge in [-0.1, -0.05) is 0 Å². The normalized spacial score (nSPS) is 15.2. The molecule has 4 rings (SSSR count). The minimum atomic E-state index is -0.691. The van der Waals surface area contributed by atoms with E-state index in [-0.39, 0.29) is 17.3 Å². The van der Waals surface area contributed by atoms with E-state index < -0.39 is 6.10 Å². The molecule has 0 radical (unpaired) electrons. The molecule has 1 atom stereocenters. The first-order valence-corrected chi connectivity index (χ1v) is 10.7. The van der Waals surface area contributed by atoms with Gasteiger partial charge in [0.1, 0.15) is 17.1 Å². The van der Waals surface area contributed by atoms with Crippen molar-refractivity contribution < 1.29 is 18.3 Å². The van der Waals surface area contributed by atoms with Crippen LogP contribution in [-0.4, -0.2) is 43.1 Å². The zero-order valence-electron chi connectivity index (χ0n) is 18.8. The van der Waals surface area contributed by atoms with Crippen LogP contribution in [0.4, 0.5) is 10.1 Å². The maximum absolute atomic E-state index is 13.2. The highest BCUT2D eigenvalue weighted by Gasteiger charge is 2.27. The lowest BCUT2D eigenvalue weighted by atomic mass is 10.0. The van der Waals surface area contributed by atoms with Crippen molar-refractivity contribution in [1.82, 2.24) is 4.90 Å². The summed E-state index contributed by atoms with van der Waals surface area (Å²) in [6.07, 6.45) is -0.691. The highest BCUT2D eigenvalue weighted by molar-refractivity contribution is 5.89. The third-order valence-electron chi connectivity index (χ3n) is 6.09. The molecule has 0 spiro atoms. The summed E-state index contributed by atoms with van der Waals surface area (Å²) in [4.78, 5) is 29.1. The summed E-state index contributed by atoms with van der Waals surface area (Å²) in [5, 5.41) is 0.716. The minimum Gasteiger partial charge on any atom is -0.480 e. The molecule has 1 amide bonds. The van der Waals surface area contributed by atoms with Crippen LogP contribution in [0.1, 0.15) is 23.6 Å². The lowest BCUT2D eigenvalue weighted by Gasteiger charge is -2.37. The van der Waals surface area contributed by atoms with E-state index in [1.165, 1.54) is 12.1 Å². The Kier molecular flexibility index (Phi) is 5.91. The molecule has 2 heterocycles. The summed E-state index contributed by atoms with van der Waals surface area (Å²) in [5.41, 5.74) is 3.24. The van der Waals surface area contributed by atoms with Crippen LogP contribution in [0.2, 0.25) is 0 Å². The second-order valence-electron chi connectivity index (χ2n) is 8.32. The molecule has 1 aromatic heterocycles. The van der Waals surface area contributed by atoms with Crippen molar-refractivity contribution in [1.29, 1.82) is 0 Å². The summed E-state index contributed by atoms with van der Waals surface area (Å²) in [7, 11) is 0. The van der Waals surface area contributed by atoms with E-state index in [2.05, 4.69) is 4.90 Å². The molecule has 3 aromatic rings. The van der Waals surface area contributed by atoms with Crippen LogP contribution in [0.25, 0.3) is 11.0 Å². The number of hydrogen-bond donors (Lipinski definition) is 0. The number of ether oxygens (including phenoxy) is 1. The molecule has 0 N–H and O–H groups in total. The van der Waals surface area contributed by atoms with Crippen LogP contribution >= 0.6 is 0 Å². The van der Waals surface area contributed by atoms with Gasteiger partial charge in [-0.15, -0.1) is 0 Å². The Labute approximate surface area is 186 Å². The summed E-state index contributed by atoms with van der Waals surface area (Å²) in [5.74, 6) is 0.183. The maximum Gasteiger partial charge on any atom is 0.339 e. The highest BCUT2D eigenvalue weighted by atomic mass is 19.1. The van der Waals surface area contributed by atoms with Gasteiger partial charge in [-0.25, -0.2) is 9.18 Å². The topological polar surface area (TPSA) is 63.0 Å². The average Bonchev–Trinajstić information content (AvgIpc) is 2.77. The second kappa shape index (κ2) is 8.65. The molecule has 0 aliphatic carbocycles. The largest absolute Gasteiger partial charge is 0.480 e. The molecular formula is C25H27FN2O4. The molecule has 1 fully saturated rings. The zero-order chi connectivity index (χ0) is 23.0. The van der Waals surface area contributed by atoms with Crippen molar-refractivity contribution >= 4 is 22.6 Å². The quantitative estimate of drug-likeness (QED) is 0.577. The summed E-state index contributed by atoms with van der Waals surface area (Å²) in [6, 6.07) is 10.1. The predicted octanol–water partition coefficient (Wildman–Crippen LogP) is 3.97. The van der Waals surface area contributed by atoms with Crippen LogP contribution in [-0.2, 0) is 4.79 Å². The van der Waals surface area contributed by atoms with Crippen LogP contribution < -0.4 is 15.3 Å². The molecule has 168 valence electrons. The third-order valence-corrected chi connectivity index (χ3v) is 6.09. The number of aryl methyl sites for hydroxylation is 2. The first-order valence-electron chi connectivity index (χ1n) is 10.7. The number of carbonyl (C=O) groups is 1. The van der Waals surface area contributed by atoms with Gasteiger partial charge in [0.25, 0.3) is 5.91 Å². The molecule has 0 saturated carbocycles. The predicted molar refractivity (Wildman–Crippen MR) is 122 cm³/mol. The number of rotatable bonds is 4. The molecule has 7 heteroatoms. The SMILES string of the molecule is Cc1cc(O[C@@H](C)C(=O)N2CCN(c3ccc(F)cc3)CC2)c2c(C)c(C)c(=O)oc2c1. The van der Waals surface area contributed by atoms with Crippen molar-refractivity contribution in [3.05, 3.63) is 69.3 Å².